The van der Waals surface area contributed by atoms with E-state index < -0.39 is 0 Å². The number of nitrogens with zero attached hydrogens (tertiary/aromatic N) is 2. The molecule has 0 aliphatic carbocycles. The lowest BCUT2D eigenvalue weighted by Gasteiger charge is -2.17. The first-order valence-electron chi connectivity index (χ1n) is 14.5. The maximum Gasteiger partial charge on any atom is 0.0562 e. The van der Waals surface area contributed by atoms with E-state index in [-0.39, 0.29) is 0 Å². The van der Waals surface area contributed by atoms with Gasteiger partial charge in [0.05, 0.1) is 22.1 Å². The smallest absolute Gasteiger partial charge is 0.0562 e. The lowest BCUT2D eigenvalue weighted by Crippen LogP contribution is -2.01. The molecule has 8 aromatic rings. The van der Waals surface area contributed by atoms with E-state index in [0.29, 0.717) is 5.92 Å². The van der Waals surface area contributed by atoms with Crippen molar-refractivity contribution in [1.29, 1.82) is 0 Å². The molecule has 0 radical (unpaired) electrons. The molecule has 0 fully saturated rings. The third-order valence-corrected chi connectivity index (χ3v) is 8.64. The molecule has 6 aromatic carbocycles. The van der Waals surface area contributed by atoms with Crippen LogP contribution in [-0.4, -0.2) is 9.13 Å². The van der Waals surface area contributed by atoms with Crippen LogP contribution in [0.15, 0.2) is 146 Å². The molecule has 2 heteroatoms. The molecule has 0 bridgehead atoms. The highest BCUT2D eigenvalue weighted by Crippen LogP contribution is 2.39. The van der Waals surface area contributed by atoms with Gasteiger partial charge in [-0.25, -0.2) is 0 Å². The molecule has 0 spiro atoms. The summed E-state index contributed by atoms with van der Waals surface area (Å²) in [6.07, 6.45) is 1.07. The third-order valence-electron chi connectivity index (χ3n) is 8.64. The third kappa shape index (κ3) is 3.72. The van der Waals surface area contributed by atoms with E-state index in [1.54, 1.807) is 0 Å². The largest absolute Gasteiger partial charge is 0.309 e. The van der Waals surface area contributed by atoms with Crippen LogP contribution in [0.3, 0.4) is 0 Å². The predicted octanol–water partition coefficient (Wildman–Crippen LogP) is 10.4. The number of hydrogen-bond acceptors (Lipinski definition) is 0. The molecule has 0 aliphatic heterocycles. The van der Waals surface area contributed by atoms with Crippen molar-refractivity contribution in [2.75, 3.05) is 0 Å². The fraction of sp³-hybridized carbons (Fsp3) is 0.0769. The molecule has 0 unspecified atom stereocenters. The van der Waals surface area contributed by atoms with E-state index in [2.05, 4.69) is 162 Å². The van der Waals surface area contributed by atoms with Crippen LogP contribution in [-0.2, 0) is 0 Å². The van der Waals surface area contributed by atoms with Crippen molar-refractivity contribution in [2.45, 2.75) is 19.3 Å². The Bertz CT molecular complexity index is 2170. The summed E-state index contributed by atoms with van der Waals surface area (Å²) >= 11 is 0. The normalized spacial score (nSPS) is 12.5. The zero-order valence-corrected chi connectivity index (χ0v) is 23.0. The van der Waals surface area contributed by atoms with Gasteiger partial charge in [0.1, 0.15) is 0 Å². The molecule has 2 heterocycles. The Morgan fingerprint density at radius 1 is 0.415 bits per heavy atom. The Hall–Kier alpha value is -5.08. The van der Waals surface area contributed by atoms with Crippen LogP contribution in [0, 0.1) is 0 Å². The summed E-state index contributed by atoms with van der Waals surface area (Å²) in [6, 6.07) is 53.1. The number of fused-ring (bicyclic) bond motifs is 6. The zero-order chi connectivity index (χ0) is 27.3. The number of para-hydroxylation sites is 3. The van der Waals surface area contributed by atoms with Crippen LogP contribution in [0.1, 0.15) is 30.4 Å². The second-order valence-corrected chi connectivity index (χ2v) is 10.9. The fourth-order valence-electron chi connectivity index (χ4n) is 6.77. The minimum absolute atomic E-state index is 0.393. The average Bonchev–Trinajstić information content (AvgIpc) is 3.54. The van der Waals surface area contributed by atoms with Crippen LogP contribution >= 0.6 is 0 Å². The molecule has 1 atom stereocenters. The van der Waals surface area contributed by atoms with E-state index in [9.17, 15) is 0 Å². The molecule has 0 saturated carbocycles. The van der Waals surface area contributed by atoms with Crippen molar-refractivity contribution in [3.8, 4) is 11.4 Å². The highest BCUT2D eigenvalue weighted by Gasteiger charge is 2.19. The topological polar surface area (TPSA) is 9.86 Å². The van der Waals surface area contributed by atoms with Gasteiger partial charge in [0, 0.05) is 38.8 Å². The predicted molar refractivity (Wildman–Crippen MR) is 174 cm³/mol. The molecule has 196 valence electrons. The SMILES string of the molecule is CC[C@H](c1ccccc1)c1ccc(-n2c3ccccc3c3cc4c5ccccc5n(-c5ccccc5)c4cc32)cc1. The zero-order valence-electron chi connectivity index (χ0n) is 23.0. The van der Waals surface area contributed by atoms with E-state index in [1.807, 2.05) is 0 Å². The van der Waals surface area contributed by atoms with E-state index in [0.717, 1.165) is 6.42 Å². The quantitative estimate of drug-likeness (QED) is 0.211. The van der Waals surface area contributed by atoms with Crippen molar-refractivity contribution >= 4 is 43.6 Å². The molecule has 0 saturated heterocycles. The van der Waals surface area contributed by atoms with Gasteiger partial charge in [-0.3, -0.25) is 0 Å². The summed E-state index contributed by atoms with van der Waals surface area (Å²) in [4.78, 5) is 0. The fourth-order valence-corrected chi connectivity index (χ4v) is 6.77. The molecule has 41 heavy (non-hydrogen) atoms. The Morgan fingerprint density at radius 2 is 0.878 bits per heavy atom. The molecule has 0 N–H and O–H groups in total. The Balaban J connectivity index is 1.39. The molecule has 0 aliphatic rings. The summed E-state index contributed by atoms with van der Waals surface area (Å²) in [5.41, 5.74) is 10.00. The van der Waals surface area contributed by atoms with Crippen LogP contribution in [0.5, 0.6) is 0 Å². The summed E-state index contributed by atoms with van der Waals surface area (Å²) in [5, 5.41) is 5.12. The van der Waals surface area contributed by atoms with E-state index in [4.69, 9.17) is 0 Å². The highest BCUT2D eigenvalue weighted by molar-refractivity contribution is 6.19. The second-order valence-electron chi connectivity index (χ2n) is 10.9. The summed E-state index contributed by atoms with van der Waals surface area (Å²) in [7, 11) is 0. The van der Waals surface area contributed by atoms with E-state index >= 15 is 0 Å². The summed E-state index contributed by atoms with van der Waals surface area (Å²) in [6.45, 7) is 2.27. The van der Waals surface area contributed by atoms with Gasteiger partial charge in [-0.1, -0.05) is 104 Å². The number of rotatable bonds is 5. The monoisotopic (exact) mass is 526 g/mol. The van der Waals surface area contributed by atoms with Gasteiger partial charge in [0.2, 0.25) is 0 Å². The molecule has 8 rings (SSSR count). The molecule has 2 aromatic heterocycles. The minimum atomic E-state index is 0.393. The minimum Gasteiger partial charge on any atom is -0.309 e. The van der Waals surface area contributed by atoms with Crippen molar-refractivity contribution < 1.29 is 0 Å². The Morgan fingerprint density at radius 3 is 1.44 bits per heavy atom. The van der Waals surface area contributed by atoms with Gasteiger partial charge in [-0.15, -0.1) is 0 Å². The van der Waals surface area contributed by atoms with Crippen molar-refractivity contribution in [3.05, 3.63) is 157 Å². The maximum absolute atomic E-state index is 2.43. The van der Waals surface area contributed by atoms with Crippen molar-refractivity contribution in [2.24, 2.45) is 0 Å². The second kappa shape index (κ2) is 9.53. The van der Waals surface area contributed by atoms with Crippen LogP contribution in [0.25, 0.3) is 55.0 Å². The first-order chi connectivity index (χ1) is 20.3. The average molecular weight is 527 g/mol. The van der Waals surface area contributed by atoms with Crippen molar-refractivity contribution in [3.63, 3.8) is 0 Å². The molecule has 2 nitrogen and oxygen atoms in total. The molecule has 0 amide bonds. The molecular formula is C39H30N2. The van der Waals surface area contributed by atoms with Gasteiger partial charge < -0.3 is 9.13 Å². The van der Waals surface area contributed by atoms with Gasteiger partial charge in [0.25, 0.3) is 0 Å². The highest BCUT2D eigenvalue weighted by atomic mass is 15.0. The van der Waals surface area contributed by atoms with Gasteiger partial charge >= 0.3 is 0 Å². The molecular weight excluding hydrogens is 496 g/mol. The first-order valence-corrected chi connectivity index (χ1v) is 14.5. The lowest BCUT2D eigenvalue weighted by molar-refractivity contribution is 0.777. The van der Waals surface area contributed by atoms with Gasteiger partial charge in [-0.2, -0.15) is 0 Å². The number of hydrogen-bond donors (Lipinski definition) is 0. The van der Waals surface area contributed by atoms with E-state index in [1.165, 1.54) is 66.1 Å². The van der Waals surface area contributed by atoms with Crippen molar-refractivity contribution in [1.82, 2.24) is 9.13 Å². The standard InChI is InChI=1S/C39H30N2/c1-2-31(27-13-5-3-6-14-27)28-21-23-30(24-22-28)41-37-20-12-10-18-33(37)35-25-34-32-17-9-11-19-36(32)40(38(34)26-39(35)41)29-15-7-4-8-16-29/h3-26,31H,2H2,1H3/t31-/m1/s1. The van der Waals surface area contributed by atoms with Gasteiger partial charge in [0.15, 0.2) is 0 Å². The van der Waals surface area contributed by atoms with Crippen LogP contribution < -0.4 is 0 Å². The maximum atomic E-state index is 2.43. The van der Waals surface area contributed by atoms with Crippen LogP contribution in [0.2, 0.25) is 0 Å². The summed E-state index contributed by atoms with van der Waals surface area (Å²) in [5.74, 6) is 0.393. The van der Waals surface area contributed by atoms with Crippen LogP contribution in [0.4, 0.5) is 0 Å². The Labute approximate surface area is 239 Å². The van der Waals surface area contributed by atoms with Gasteiger partial charge in [-0.05, 0) is 66.1 Å². The number of aromatic nitrogens is 2. The first kappa shape index (κ1) is 23.8. The number of benzene rings is 6. The lowest BCUT2D eigenvalue weighted by atomic mass is 9.89. The Kier molecular flexibility index (Phi) is 5.53. The summed E-state index contributed by atoms with van der Waals surface area (Å²) < 4.78 is 4.84.